The molecule has 0 saturated carbocycles. The van der Waals surface area contributed by atoms with Crippen molar-refractivity contribution in [2.24, 2.45) is 11.5 Å². The first-order chi connectivity index (χ1) is 3.65. The van der Waals surface area contributed by atoms with Crippen molar-refractivity contribution in [2.75, 3.05) is 13.1 Å². The van der Waals surface area contributed by atoms with E-state index in [0.717, 1.165) is 0 Å². The van der Waals surface area contributed by atoms with E-state index in [4.69, 9.17) is 16.6 Å². The van der Waals surface area contributed by atoms with E-state index in [0.29, 0.717) is 13.1 Å². The van der Waals surface area contributed by atoms with Crippen LogP contribution < -0.4 is 11.5 Å². The summed E-state index contributed by atoms with van der Waals surface area (Å²) < 4.78 is -0.306. The molecule has 0 atom stereocenters. The predicted octanol–water partition coefficient (Wildman–Crippen LogP) is -0.337. The molecule has 0 heterocycles. The monoisotopic (exact) mass is 154 g/mol. The Bertz CT molecular complexity index is 53.2. The van der Waals surface area contributed by atoms with Crippen LogP contribution in [0.15, 0.2) is 0 Å². The maximum Gasteiger partial charge on any atom is 0.214 e. The van der Waals surface area contributed by atoms with Gasteiger partial charge in [-0.05, 0) is 12.2 Å². The van der Waals surface area contributed by atoms with Crippen molar-refractivity contribution in [2.45, 2.75) is 0 Å². The van der Waals surface area contributed by atoms with Crippen LogP contribution in [0.4, 0.5) is 0 Å². The zero-order valence-corrected chi connectivity index (χ0v) is 6.08. The maximum absolute atomic E-state index is 7.65. The van der Waals surface area contributed by atoms with Crippen LogP contribution in [0, 0.1) is 0 Å². The molecule has 8 heavy (non-hydrogen) atoms. The van der Waals surface area contributed by atoms with E-state index in [1.54, 1.807) is 0 Å². The predicted molar refractivity (Wildman–Crippen MR) is 42.3 cm³/mol. The summed E-state index contributed by atoms with van der Waals surface area (Å²) in [5, 5.41) is 7.65. The molecule has 0 rings (SSSR count). The van der Waals surface area contributed by atoms with Gasteiger partial charge >= 0.3 is 0 Å². The van der Waals surface area contributed by atoms with E-state index in [9.17, 15) is 0 Å². The van der Waals surface area contributed by atoms with E-state index in [1.165, 1.54) is 0 Å². The Morgan fingerprint density at radius 3 is 1.62 bits per heavy atom. The van der Waals surface area contributed by atoms with Crippen LogP contribution in [0.1, 0.15) is 0 Å². The molecular formula is C3H10N2OS2. The van der Waals surface area contributed by atoms with Gasteiger partial charge in [-0.3, -0.25) is 0 Å². The molecule has 0 fully saturated rings. The van der Waals surface area contributed by atoms with Crippen LogP contribution in [-0.4, -0.2) is 22.6 Å². The highest BCUT2D eigenvalue weighted by Gasteiger charge is 1.59. The zero-order chi connectivity index (χ0) is 6.99. The Hall–Kier alpha value is 0.160. The molecule has 0 saturated heterocycles. The van der Waals surface area contributed by atoms with Crippen molar-refractivity contribution in [3.8, 4) is 0 Å². The summed E-state index contributed by atoms with van der Waals surface area (Å²) in [7, 11) is 0. The van der Waals surface area contributed by atoms with Crippen LogP contribution in [0.25, 0.3) is 0 Å². The minimum atomic E-state index is -0.306. The normalized spacial score (nSPS) is 6.88. The standard InChI is InChI=1S/C2H8N2.CH2OS2/c3-1-2-4;2-1(3)4/h1-4H2;(H2,2,3,4). The third-order valence-electron chi connectivity index (χ3n) is 0.167. The highest BCUT2D eigenvalue weighted by atomic mass is 32.1. The Morgan fingerprint density at radius 2 is 1.62 bits per heavy atom. The minimum absolute atomic E-state index is 0.306. The summed E-state index contributed by atoms with van der Waals surface area (Å²) in [5.41, 5.74) is 9.81. The molecule has 0 aliphatic carbocycles. The second-order valence-corrected chi connectivity index (χ2v) is 1.97. The lowest BCUT2D eigenvalue weighted by Gasteiger charge is -1.72. The summed E-state index contributed by atoms with van der Waals surface area (Å²) in [4.78, 5) is 0. The molecule has 0 amide bonds. The number of rotatable bonds is 1. The summed E-state index contributed by atoms with van der Waals surface area (Å²) in [6, 6.07) is 0. The van der Waals surface area contributed by atoms with Crippen molar-refractivity contribution in [3.05, 3.63) is 0 Å². The van der Waals surface area contributed by atoms with Crippen LogP contribution in [0.2, 0.25) is 0 Å². The van der Waals surface area contributed by atoms with Gasteiger partial charge in [-0.25, -0.2) is 0 Å². The average molecular weight is 154 g/mol. The molecule has 0 aromatic carbocycles. The SMILES string of the molecule is NCCN.OC(=S)S. The van der Waals surface area contributed by atoms with Gasteiger partial charge in [0.1, 0.15) is 0 Å². The van der Waals surface area contributed by atoms with E-state index < -0.39 is 0 Å². The third-order valence-corrected chi connectivity index (χ3v) is 0.167. The van der Waals surface area contributed by atoms with Gasteiger partial charge < -0.3 is 16.6 Å². The third kappa shape index (κ3) is 122. The van der Waals surface area contributed by atoms with Crippen LogP contribution >= 0.6 is 24.8 Å². The highest BCUT2D eigenvalue weighted by Crippen LogP contribution is 1.68. The summed E-state index contributed by atoms with van der Waals surface area (Å²) in [5.74, 6) is 0. The first kappa shape index (κ1) is 11.0. The number of aliphatic hydroxyl groups excluding tert-OH is 1. The van der Waals surface area contributed by atoms with Gasteiger partial charge in [0.15, 0.2) is 0 Å². The van der Waals surface area contributed by atoms with Crippen molar-refractivity contribution >= 4 is 29.2 Å². The van der Waals surface area contributed by atoms with Crippen LogP contribution in [-0.2, 0) is 0 Å². The van der Waals surface area contributed by atoms with E-state index in [1.807, 2.05) is 0 Å². The van der Waals surface area contributed by atoms with Gasteiger partial charge in [0, 0.05) is 13.1 Å². The van der Waals surface area contributed by atoms with Gasteiger partial charge in [-0.1, -0.05) is 12.6 Å². The molecule has 50 valence electrons. The molecular weight excluding hydrogens is 144 g/mol. The first-order valence-corrected chi connectivity index (χ1v) is 2.82. The lowest BCUT2D eigenvalue weighted by molar-refractivity contribution is 0.586. The summed E-state index contributed by atoms with van der Waals surface area (Å²) in [6.07, 6.45) is 0. The molecule has 0 aliphatic rings. The lowest BCUT2D eigenvalue weighted by Crippen LogP contribution is -2.11. The zero-order valence-electron chi connectivity index (χ0n) is 4.37. The van der Waals surface area contributed by atoms with Gasteiger partial charge in [-0.15, -0.1) is 0 Å². The molecule has 5 heteroatoms. The fourth-order valence-corrected chi connectivity index (χ4v) is 0. The van der Waals surface area contributed by atoms with Crippen molar-refractivity contribution in [1.82, 2.24) is 0 Å². The Kier molecular flexibility index (Phi) is 14.1. The van der Waals surface area contributed by atoms with Gasteiger partial charge in [0.05, 0.1) is 0 Å². The summed E-state index contributed by atoms with van der Waals surface area (Å²) >= 11 is 7.21. The maximum atomic E-state index is 7.65. The number of nitrogens with two attached hydrogens (primary N) is 2. The number of aliphatic hydroxyl groups is 1. The first-order valence-electron chi connectivity index (χ1n) is 1.97. The number of hydrogen-bond donors (Lipinski definition) is 4. The Morgan fingerprint density at radius 1 is 1.50 bits per heavy atom. The fourth-order valence-electron chi connectivity index (χ4n) is 0. The quantitative estimate of drug-likeness (QED) is 0.308. The number of thiol groups is 1. The topological polar surface area (TPSA) is 72.3 Å². The fraction of sp³-hybridized carbons (Fsp3) is 0.667. The molecule has 0 unspecified atom stereocenters. The highest BCUT2D eigenvalue weighted by molar-refractivity contribution is 8.10. The van der Waals surface area contributed by atoms with Gasteiger partial charge in [0.2, 0.25) is 4.38 Å². The average Bonchev–Trinajstić information content (AvgIpc) is 1.65. The van der Waals surface area contributed by atoms with Crippen molar-refractivity contribution in [1.29, 1.82) is 0 Å². The number of hydrogen-bond acceptors (Lipinski definition) is 3. The minimum Gasteiger partial charge on any atom is -0.494 e. The number of thiocarbonyl (C=S) groups is 1. The van der Waals surface area contributed by atoms with Crippen LogP contribution in [0.5, 0.6) is 0 Å². The lowest BCUT2D eigenvalue weighted by atomic mass is 10.7. The van der Waals surface area contributed by atoms with E-state index in [-0.39, 0.29) is 4.38 Å². The molecule has 0 bridgehead atoms. The second kappa shape index (κ2) is 10.2. The van der Waals surface area contributed by atoms with E-state index >= 15 is 0 Å². The van der Waals surface area contributed by atoms with Crippen LogP contribution in [0.3, 0.4) is 0 Å². The molecule has 0 aliphatic heterocycles. The Labute approximate surface area is 59.5 Å². The van der Waals surface area contributed by atoms with Gasteiger partial charge in [-0.2, -0.15) is 0 Å². The van der Waals surface area contributed by atoms with Gasteiger partial charge in [0.25, 0.3) is 0 Å². The van der Waals surface area contributed by atoms with Crippen molar-refractivity contribution < 1.29 is 5.11 Å². The molecule has 3 nitrogen and oxygen atoms in total. The molecule has 0 spiro atoms. The Balaban J connectivity index is 0. The molecule has 0 radical (unpaired) electrons. The molecule has 0 aromatic rings. The van der Waals surface area contributed by atoms with E-state index in [2.05, 4.69) is 24.8 Å². The molecule has 0 aromatic heterocycles. The van der Waals surface area contributed by atoms with Crippen molar-refractivity contribution in [3.63, 3.8) is 0 Å². The second-order valence-electron chi connectivity index (χ2n) is 0.860. The smallest absolute Gasteiger partial charge is 0.214 e. The summed E-state index contributed by atoms with van der Waals surface area (Å²) in [6.45, 7) is 1.19. The largest absolute Gasteiger partial charge is 0.494 e. The molecule has 5 N–H and O–H groups in total.